The normalized spacial score (nSPS) is 18.4. The van der Waals surface area contributed by atoms with Crippen LogP contribution < -0.4 is 15.4 Å². The smallest absolute Gasteiger partial charge is 0.407 e. The van der Waals surface area contributed by atoms with Crippen LogP contribution in [0.4, 0.5) is 4.79 Å². The number of hydrogen-bond acceptors (Lipinski definition) is 9. The zero-order chi connectivity index (χ0) is 34.2. The summed E-state index contributed by atoms with van der Waals surface area (Å²) in [6.45, 7) is 0.527. The van der Waals surface area contributed by atoms with Crippen LogP contribution in [-0.4, -0.2) is 130 Å². The summed E-state index contributed by atoms with van der Waals surface area (Å²) in [5, 5.41) is 19.4. The minimum absolute atomic E-state index is 0.0566. The summed E-state index contributed by atoms with van der Waals surface area (Å²) in [6.07, 6.45) is 2.95. The highest BCUT2D eigenvalue weighted by Gasteiger charge is 2.36. The first kappa shape index (κ1) is 34.2. The van der Waals surface area contributed by atoms with Crippen LogP contribution in [0.15, 0.2) is 36.4 Å². The third kappa shape index (κ3) is 8.22. The minimum atomic E-state index is -1.13. The van der Waals surface area contributed by atoms with E-state index in [-0.39, 0.29) is 68.5 Å². The van der Waals surface area contributed by atoms with Gasteiger partial charge in [0.2, 0.25) is 17.7 Å². The Morgan fingerprint density at radius 1 is 0.958 bits per heavy atom. The Morgan fingerprint density at radius 3 is 2.31 bits per heavy atom. The maximum absolute atomic E-state index is 13.5. The molecule has 1 aliphatic carbocycles. The fraction of sp³-hybridized carbons (Fsp3) is 0.531. The van der Waals surface area contributed by atoms with Crippen LogP contribution in [0.2, 0.25) is 0 Å². The Balaban J connectivity index is 1.29. The summed E-state index contributed by atoms with van der Waals surface area (Å²) < 4.78 is 12.0. The van der Waals surface area contributed by atoms with E-state index >= 15 is 0 Å². The number of carboxylic acid groups (broad SMARTS) is 1. The molecule has 3 N–H and O–H groups in total. The number of amides is 5. The second kappa shape index (κ2) is 15.6. The number of benzene rings is 1. The summed E-state index contributed by atoms with van der Waals surface area (Å²) in [7, 11) is 1.22. The van der Waals surface area contributed by atoms with Crippen molar-refractivity contribution in [1.82, 2.24) is 35.1 Å². The van der Waals surface area contributed by atoms with Gasteiger partial charge in [-0.3, -0.25) is 24.0 Å². The van der Waals surface area contributed by atoms with Crippen molar-refractivity contribution in [2.75, 3.05) is 46.4 Å². The van der Waals surface area contributed by atoms with Gasteiger partial charge in [-0.25, -0.2) is 9.48 Å². The molecule has 1 saturated carbocycles. The van der Waals surface area contributed by atoms with Crippen molar-refractivity contribution < 1.29 is 43.3 Å². The molecular weight excluding hydrogens is 626 g/mol. The van der Waals surface area contributed by atoms with Crippen molar-refractivity contribution in [3.63, 3.8) is 0 Å². The van der Waals surface area contributed by atoms with Crippen LogP contribution in [-0.2, 0) is 23.9 Å². The van der Waals surface area contributed by atoms with Crippen LogP contribution in [0.3, 0.4) is 0 Å². The number of rotatable bonds is 12. The summed E-state index contributed by atoms with van der Waals surface area (Å²) in [5.41, 5.74) is 0.444. The van der Waals surface area contributed by atoms with Gasteiger partial charge in [-0.05, 0) is 50.7 Å². The van der Waals surface area contributed by atoms with Crippen LogP contribution in [0.25, 0.3) is 5.69 Å². The maximum Gasteiger partial charge on any atom is 0.407 e. The number of ether oxygens (including phenoxy) is 2. The molecule has 2 saturated heterocycles. The van der Waals surface area contributed by atoms with Crippen molar-refractivity contribution in [2.45, 2.75) is 63.1 Å². The van der Waals surface area contributed by atoms with Gasteiger partial charge in [0.15, 0.2) is 12.3 Å². The molecule has 2 unspecified atom stereocenters. The van der Waals surface area contributed by atoms with E-state index in [4.69, 9.17) is 9.47 Å². The Bertz CT molecular complexity index is 1500. The Hall–Kier alpha value is -5.15. The van der Waals surface area contributed by atoms with E-state index in [1.807, 2.05) is 0 Å². The third-order valence-electron chi connectivity index (χ3n) is 8.91. The fourth-order valence-electron chi connectivity index (χ4n) is 5.93. The maximum atomic E-state index is 13.5. The van der Waals surface area contributed by atoms with Gasteiger partial charge in [0, 0.05) is 51.3 Å². The highest BCUT2D eigenvalue weighted by molar-refractivity contribution is 5.96. The van der Waals surface area contributed by atoms with Gasteiger partial charge in [0.1, 0.15) is 12.1 Å². The average Bonchev–Trinajstić information content (AvgIpc) is 3.75. The SMILES string of the molecule is COC(=O)CCC(NC(=O)c1cc(OCC(=O)N2CCCC2C(=O)NC2CCC2)n(-c2ccccc2)n1)C(=O)N1CCN(C(=O)O)CC1. The Morgan fingerprint density at radius 2 is 1.67 bits per heavy atom. The molecule has 1 aromatic heterocycles. The lowest BCUT2D eigenvalue weighted by Crippen LogP contribution is -2.55. The van der Waals surface area contributed by atoms with Crippen molar-refractivity contribution in [3.8, 4) is 11.6 Å². The topological polar surface area (TPSA) is 193 Å². The number of hydrogen-bond donors (Lipinski definition) is 3. The van der Waals surface area contributed by atoms with Crippen LogP contribution >= 0.6 is 0 Å². The van der Waals surface area contributed by atoms with Gasteiger partial charge in [-0.2, -0.15) is 5.10 Å². The lowest BCUT2D eigenvalue weighted by atomic mass is 9.93. The number of nitrogens with one attached hydrogen (secondary N) is 2. The number of aromatic nitrogens is 2. The lowest BCUT2D eigenvalue weighted by molar-refractivity contribution is -0.141. The van der Waals surface area contributed by atoms with Crippen LogP contribution in [0.5, 0.6) is 5.88 Å². The molecule has 258 valence electrons. The zero-order valence-corrected chi connectivity index (χ0v) is 26.8. The zero-order valence-electron chi connectivity index (χ0n) is 26.8. The monoisotopic (exact) mass is 667 g/mol. The number of likely N-dealkylation sites (tertiary alicyclic amines) is 1. The number of carbonyl (C=O) groups is 6. The first-order valence-corrected chi connectivity index (χ1v) is 16.2. The largest absolute Gasteiger partial charge is 0.469 e. The second-order valence-corrected chi connectivity index (χ2v) is 12.0. The third-order valence-corrected chi connectivity index (χ3v) is 8.91. The molecule has 3 aliphatic rings. The van der Waals surface area contributed by atoms with Crippen molar-refractivity contribution in [3.05, 3.63) is 42.1 Å². The number of carbonyl (C=O) groups excluding carboxylic acids is 5. The molecule has 3 fully saturated rings. The van der Waals surface area contributed by atoms with Crippen LogP contribution in [0, 0.1) is 0 Å². The van der Waals surface area contributed by atoms with Gasteiger partial charge in [0.25, 0.3) is 11.8 Å². The van der Waals surface area contributed by atoms with E-state index in [2.05, 4.69) is 15.7 Å². The van der Waals surface area contributed by atoms with E-state index < -0.39 is 42.6 Å². The predicted molar refractivity (Wildman–Crippen MR) is 168 cm³/mol. The Kier molecular flexibility index (Phi) is 11.1. The average molecular weight is 668 g/mol. The molecule has 5 rings (SSSR count). The van der Waals surface area contributed by atoms with Crippen molar-refractivity contribution in [1.29, 1.82) is 0 Å². The van der Waals surface area contributed by atoms with E-state index in [0.29, 0.717) is 25.1 Å². The molecular formula is C32H41N7O9. The molecule has 3 heterocycles. The van der Waals surface area contributed by atoms with E-state index in [0.717, 1.165) is 19.3 Å². The molecule has 2 aliphatic heterocycles. The van der Waals surface area contributed by atoms with E-state index in [1.165, 1.54) is 32.6 Å². The van der Waals surface area contributed by atoms with Gasteiger partial charge in [0.05, 0.1) is 12.8 Å². The second-order valence-electron chi connectivity index (χ2n) is 12.0. The number of piperazine rings is 1. The molecule has 2 aromatic rings. The van der Waals surface area contributed by atoms with E-state index in [1.54, 1.807) is 30.3 Å². The van der Waals surface area contributed by atoms with Crippen LogP contribution in [0.1, 0.15) is 55.4 Å². The first-order valence-electron chi connectivity index (χ1n) is 16.2. The quantitative estimate of drug-likeness (QED) is 0.273. The molecule has 0 radical (unpaired) electrons. The van der Waals surface area contributed by atoms with Gasteiger partial charge in [-0.1, -0.05) is 18.2 Å². The fourth-order valence-corrected chi connectivity index (χ4v) is 5.93. The molecule has 48 heavy (non-hydrogen) atoms. The minimum Gasteiger partial charge on any atom is -0.469 e. The highest BCUT2D eigenvalue weighted by Crippen LogP contribution is 2.24. The van der Waals surface area contributed by atoms with E-state index in [9.17, 15) is 33.9 Å². The summed E-state index contributed by atoms with van der Waals surface area (Å²) in [6, 6.07) is 8.66. The Labute approximate surface area is 277 Å². The predicted octanol–water partition coefficient (Wildman–Crippen LogP) is 0.785. The molecule has 1 aromatic carbocycles. The standard InChI is InChI=1S/C32H41N7O9/c1-47-28(41)13-12-23(31(44)36-15-17-37(18-16-36)32(45)46)34-29(42)24-19-27(39(35-24)22-9-3-2-4-10-22)48-20-26(40)38-14-6-11-25(38)30(43)33-21-7-5-8-21/h2-4,9-10,19,21,23,25H,5-8,11-18,20H2,1H3,(H,33,43)(H,34,42)(H,45,46). The molecule has 0 bridgehead atoms. The van der Waals surface area contributed by atoms with Gasteiger partial charge in [-0.15, -0.1) is 0 Å². The summed E-state index contributed by atoms with van der Waals surface area (Å²) in [4.78, 5) is 80.5. The lowest BCUT2D eigenvalue weighted by Gasteiger charge is -2.35. The van der Waals surface area contributed by atoms with Gasteiger partial charge < -0.3 is 39.9 Å². The number of methoxy groups -OCH3 is 1. The number of esters is 1. The van der Waals surface area contributed by atoms with Gasteiger partial charge >= 0.3 is 12.1 Å². The number of para-hydroxylation sites is 1. The molecule has 2 atom stereocenters. The van der Waals surface area contributed by atoms with Crippen molar-refractivity contribution in [2.24, 2.45) is 0 Å². The molecule has 0 spiro atoms. The molecule has 16 nitrogen and oxygen atoms in total. The van der Waals surface area contributed by atoms with Crippen molar-refractivity contribution >= 4 is 35.7 Å². The summed E-state index contributed by atoms with van der Waals surface area (Å²) in [5.74, 6) is -2.18. The molecule has 16 heteroatoms. The molecule has 5 amide bonds. The highest BCUT2D eigenvalue weighted by atomic mass is 16.5. The first-order chi connectivity index (χ1) is 23.1. The summed E-state index contributed by atoms with van der Waals surface area (Å²) >= 11 is 0. The number of nitrogens with zero attached hydrogens (tertiary/aromatic N) is 5.